The van der Waals surface area contributed by atoms with Gasteiger partial charge in [-0.2, -0.15) is 13.2 Å². The number of nitrogens with zero attached hydrogens (tertiary/aromatic N) is 1. The van der Waals surface area contributed by atoms with Crippen molar-refractivity contribution >= 4 is 11.7 Å². The average Bonchev–Trinajstić information content (AvgIpc) is 2.61. The van der Waals surface area contributed by atoms with E-state index in [1.165, 1.54) is 6.07 Å². The number of hydrogen-bond donors (Lipinski definition) is 2. The highest BCUT2D eigenvalue weighted by Gasteiger charge is 2.30. The van der Waals surface area contributed by atoms with Crippen LogP contribution in [0.1, 0.15) is 27.9 Å². The molecule has 0 fully saturated rings. The maximum Gasteiger partial charge on any atom is 0.417 e. The number of ether oxygens (including phenoxy) is 1. The zero-order valence-electron chi connectivity index (χ0n) is 14.5. The SMILES string of the molecule is COc1cc(C(=O)NCCCNc2ccc(C(F)(F)F)cn2)ccc1C. The first-order chi connectivity index (χ1) is 12.3. The molecule has 0 aliphatic heterocycles. The number of amides is 1. The van der Waals surface area contributed by atoms with Gasteiger partial charge in [0.05, 0.1) is 12.7 Å². The first-order valence-electron chi connectivity index (χ1n) is 8.01. The van der Waals surface area contributed by atoms with E-state index in [9.17, 15) is 18.0 Å². The molecule has 1 amide bonds. The van der Waals surface area contributed by atoms with Crippen LogP contribution in [0.2, 0.25) is 0 Å². The summed E-state index contributed by atoms with van der Waals surface area (Å²) in [5.74, 6) is 0.788. The number of anilines is 1. The minimum absolute atomic E-state index is 0.212. The third kappa shape index (κ3) is 5.37. The number of carbonyl (C=O) groups is 1. The Balaban J connectivity index is 1.74. The monoisotopic (exact) mass is 367 g/mol. The molecule has 2 rings (SSSR count). The maximum atomic E-state index is 12.4. The number of carbonyl (C=O) groups excluding carboxylic acids is 1. The summed E-state index contributed by atoms with van der Waals surface area (Å²) in [5, 5.41) is 5.69. The van der Waals surface area contributed by atoms with Gasteiger partial charge < -0.3 is 15.4 Å². The lowest BCUT2D eigenvalue weighted by molar-refractivity contribution is -0.137. The predicted octanol–water partition coefficient (Wildman–Crippen LogP) is 3.65. The summed E-state index contributed by atoms with van der Waals surface area (Å²) in [6.45, 7) is 2.78. The molecular weight excluding hydrogens is 347 g/mol. The van der Waals surface area contributed by atoms with Gasteiger partial charge in [0.25, 0.3) is 5.91 Å². The molecule has 140 valence electrons. The number of hydrogen-bond acceptors (Lipinski definition) is 4. The van der Waals surface area contributed by atoms with Crippen molar-refractivity contribution in [1.29, 1.82) is 0 Å². The topological polar surface area (TPSA) is 63.2 Å². The van der Waals surface area contributed by atoms with Crippen LogP contribution in [0.25, 0.3) is 0 Å². The lowest BCUT2D eigenvalue weighted by Crippen LogP contribution is -2.26. The minimum atomic E-state index is -4.39. The van der Waals surface area contributed by atoms with E-state index < -0.39 is 11.7 Å². The summed E-state index contributed by atoms with van der Waals surface area (Å²) in [6, 6.07) is 7.46. The Morgan fingerprint density at radius 3 is 2.58 bits per heavy atom. The first kappa shape index (κ1) is 19.6. The van der Waals surface area contributed by atoms with Crippen LogP contribution in [-0.4, -0.2) is 31.1 Å². The molecule has 8 heteroatoms. The van der Waals surface area contributed by atoms with E-state index in [0.29, 0.717) is 36.6 Å². The first-order valence-corrected chi connectivity index (χ1v) is 8.01. The molecule has 5 nitrogen and oxygen atoms in total. The summed E-state index contributed by atoms with van der Waals surface area (Å²) in [5.41, 5.74) is 0.658. The molecule has 2 aromatic rings. The summed E-state index contributed by atoms with van der Waals surface area (Å²) >= 11 is 0. The fraction of sp³-hybridized carbons (Fsp3) is 0.333. The highest BCUT2D eigenvalue weighted by Crippen LogP contribution is 2.28. The number of methoxy groups -OCH3 is 1. The van der Waals surface area contributed by atoms with Crippen molar-refractivity contribution in [2.45, 2.75) is 19.5 Å². The van der Waals surface area contributed by atoms with E-state index >= 15 is 0 Å². The molecule has 0 spiro atoms. The molecule has 2 N–H and O–H groups in total. The lowest BCUT2D eigenvalue weighted by Gasteiger charge is -2.10. The zero-order chi connectivity index (χ0) is 19.2. The second-order valence-corrected chi connectivity index (χ2v) is 5.65. The van der Waals surface area contributed by atoms with E-state index in [4.69, 9.17) is 4.74 Å². The number of aromatic nitrogens is 1. The number of benzene rings is 1. The van der Waals surface area contributed by atoms with Gasteiger partial charge in [-0.25, -0.2) is 4.98 Å². The van der Waals surface area contributed by atoms with Crippen molar-refractivity contribution in [1.82, 2.24) is 10.3 Å². The second kappa shape index (κ2) is 8.55. The standard InChI is InChI=1S/C18H20F3N3O2/c1-12-4-5-13(10-15(12)26-2)17(25)23-9-3-8-22-16-7-6-14(11-24-16)18(19,20)21/h4-7,10-11H,3,8-9H2,1-2H3,(H,22,24)(H,23,25). The quantitative estimate of drug-likeness (QED) is 0.734. The van der Waals surface area contributed by atoms with Crippen LogP contribution in [0.4, 0.5) is 19.0 Å². The lowest BCUT2D eigenvalue weighted by atomic mass is 10.1. The molecule has 26 heavy (non-hydrogen) atoms. The predicted molar refractivity (Wildman–Crippen MR) is 92.4 cm³/mol. The normalized spacial score (nSPS) is 11.1. The van der Waals surface area contributed by atoms with E-state index in [1.807, 2.05) is 13.0 Å². The molecule has 0 atom stereocenters. The van der Waals surface area contributed by atoms with Crippen molar-refractivity contribution < 1.29 is 22.7 Å². The Bertz CT molecular complexity index is 746. The van der Waals surface area contributed by atoms with Crippen LogP contribution in [-0.2, 0) is 6.18 Å². The van der Waals surface area contributed by atoms with Crippen LogP contribution < -0.4 is 15.4 Å². The Morgan fingerprint density at radius 2 is 1.96 bits per heavy atom. The van der Waals surface area contributed by atoms with Crippen molar-refractivity contribution in [3.8, 4) is 5.75 Å². The smallest absolute Gasteiger partial charge is 0.417 e. The van der Waals surface area contributed by atoms with Gasteiger partial charge in [-0.3, -0.25) is 4.79 Å². The van der Waals surface area contributed by atoms with Gasteiger partial charge in [-0.05, 0) is 43.2 Å². The van der Waals surface area contributed by atoms with Gasteiger partial charge in [-0.1, -0.05) is 6.07 Å². The number of halogens is 3. The fourth-order valence-electron chi connectivity index (χ4n) is 2.24. The summed E-state index contributed by atoms with van der Waals surface area (Å²) in [4.78, 5) is 15.8. The van der Waals surface area contributed by atoms with Gasteiger partial charge in [0.1, 0.15) is 11.6 Å². The molecule has 0 bridgehead atoms. The minimum Gasteiger partial charge on any atom is -0.496 e. The van der Waals surface area contributed by atoms with Crippen LogP contribution in [0.15, 0.2) is 36.5 Å². The van der Waals surface area contributed by atoms with Crippen LogP contribution in [0.3, 0.4) is 0 Å². The molecular formula is C18H20F3N3O2. The highest BCUT2D eigenvalue weighted by atomic mass is 19.4. The zero-order valence-corrected chi connectivity index (χ0v) is 14.5. The molecule has 0 aliphatic carbocycles. The maximum absolute atomic E-state index is 12.4. The van der Waals surface area contributed by atoms with Crippen molar-refractivity contribution in [3.05, 3.63) is 53.2 Å². The number of nitrogens with one attached hydrogen (secondary N) is 2. The van der Waals surface area contributed by atoms with Gasteiger partial charge >= 0.3 is 6.18 Å². The van der Waals surface area contributed by atoms with Crippen LogP contribution in [0, 0.1) is 6.92 Å². The summed E-state index contributed by atoms with van der Waals surface area (Å²) < 4.78 is 42.5. The summed E-state index contributed by atoms with van der Waals surface area (Å²) in [6.07, 6.45) is -3.01. The number of alkyl halides is 3. The summed E-state index contributed by atoms with van der Waals surface area (Å²) in [7, 11) is 1.55. The van der Waals surface area contributed by atoms with Crippen LogP contribution in [0.5, 0.6) is 5.75 Å². The third-order valence-electron chi connectivity index (χ3n) is 3.71. The number of rotatable bonds is 7. The van der Waals surface area contributed by atoms with E-state index in [2.05, 4.69) is 15.6 Å². The molecule has 0 radical (unpaired) electrons. The molecule has 0 saturated carbocycles. The number of pyridine rings is 1. The van der Waals surface area contributed by atoms with E-state index in [-0.39, 0.29) is 5.91 Å². The fourth-order valence-corrected chi connectivity index (χ4v) is 2.24. The second-order valence-electron chi connectivity index (χ2n) is 5.65. The van der Waals surface area contributed by atoms with E-state index in [0.717, 1.165) is 17.8 Å². The van der Waals surface area contributed by atoms with Gasteiger partial charge in [0.2, 0.25) is 0 Å². The van der Waals surface area contributed by atoms with Gasteiger partial charge in [-0.15, -0.1) is 0 Å². The van der Waals surface area contributed by atoms with Gasteiger partial charge in [0, 0.05) is 24.8 Å². The number of aryl methyl sites for hydroxylation is 1. The van der Waals surface area contributed by atoms with Crippen molar-refractivity contribution in [2.75, 3.05) is 25.5 Å². The highest BCUT2D eigenvalue weighted by molar-refractivity contribution is 5.94. The average molecular weight is 367 g/mol. The third-order valence-corrected chi connectivity index (χ3v) is 3.71. The molecule has 1 heterocycles. The van der Waals surface area contributed by atoms with Gasteiger partial charge in [0.15, 0.2) is 0 Å². The Hall–Kier alpha value is -2.77. The molecule has 0 unspecified atom stereocenters. The van der Waals surface area contributed by atoms with Crippen molar-refractivity contribution in [3.63, 3.8) is 0 Å². The molecule has 1 aromatic carbocycles. The largest absolute Gasteiger partial charge is 0.496 e. The van der Waals surface area contributed by atoms with Crippen LogP contribution >= 0.6 is 0 Å². The molecule has 0 aliphatic rings. The Labute approximate surface area is 149 Å². The molecule has 0 saturated heterocycles. The van der Waals surface area contributed by atoms with E-state index in [1.54, 1.807) is 19.2 Å². The Kier molecular flexibility index (Phi) is 6.43. The van der Waals surface area contributed by atoms with Crippen molar-refractivity contribution in [2.24, 2.45) is 0 Å². The Morgan fingerprint density at radius 1 is 1.19 bits per heavy atom. The molecule has 1 aromatic heterocycles.